The summed E-state index contributed by atoms with van der Waals surface area (Å²) < 4.78 is 22.7. The molecule has 78 heavy (non-hydrogen) atoms. The SMILES string of the molecule is CC/C=C\C/C=C\C/C=C\C/C=C\C/C=C\C/C=C\CCCCC(=O)OC(COC(=O)CCCCCCCCCCCCCCCCCCCCCCCCCCCCCCCCCC)COC(OCC[N+](C)(C)C)C(=O)[O-]. The number of carbonyl (C=O) groups is 3. The third-order valence-corrected chi connectivity index (χ3v) is 14.2. The number of quaternary nitrogens is 1. The fourth-order valence-electron chi connectivity index (χ4n) is 9.25. The molecular formula is C69H123NO8. The first kappa shape index (κ1) is 74.7. The molecule has 0 fully saturated rings. The number of allylic oxidation sites excluding steroid dienone is 12. The van der Waals surface area contributed by atoms with Crippen molar-refractivity contribution >= 4 is 17.9 Å². The molecule has 0 N–H and O–H groups in total. The van der Waals surface area contributed by atoms with E-state index >= 15 is 0 Å². The number of esters is 2. The molecule has 0 saturated heterocycles. The molecule has 0 aliphatic rings. The van der Waals surface area contributed by atoms with Gasteiger partial charge in [0.15, 0.2) is 12.4 Å². The van der Waals surface area contributed by atoms with Crippen LogP contribution in [0.2, 0.25) is 0 Å². The van der Waals surface area contributed by atoms with Crippen LogP contribution in [-0.4, -0.2) is 82.3 Å². The molecule has 2 atom stereocenters. The molecule has 452 valence electrons. The van der Waals surface area contributed by atoms with Crippen molar-refractivity contribution in [3.8, 4) is 0 Å². The van der Waals surface area contributed by atoms with Gasteiger partial charge < -0.3 is 33.3 Å². The van der Waals surface area contributed by atoms with Gasteiger partial charge in [-0.3, -0.25) is 9.59 Å². The number of unbranched alkanes of at least 4 members (excludes halogenated alkanes) is 33. The fraction of sp³-hybridized carbons (Fsp3) is 0.783. The van der Waals surface area contributed by atoms with E-state index in [0.717, 1.165) is 70.6 Å². The van der Waals surface area contributed by atoms with Crippen LogP contribution >= 0.6 is 0 Å². The van der Waals surface area contributed by atoms with Crippen LogP contribution < -0.4 is 5.11 Å². The Hall–Kier alpha value is -3.27. The smallest absolute Gasteiger partial charge is 0.306 e. The molecule has 2 unspecified atom stereocenters. The van der Waals surface area contributed by atoms with Crippen LogP contribution in [0, 0.1) is 0 Å². The van der Waals surface area contributed by atoms with Crippen LogP contribution in [0.1, 0.15) is 290 Å². The first-order valence-electron chi connectivity index (χ1n) is 32.6. The van der Waals surface area contributed by atoms with Crippen molar-refractivity contribution in [3.63, 3.8) is 0 Å². The summed E-state index contributed by atoms with van der Waals surface area (Å²) in [5, 5.41) is 11.8. The van der Waals surface area contributed by atoms with E-state index in [9.17, 15) is 19.5 Å². The van der Waals surface area contributed by atoms with E-state index in [1.807, 2.05) is 21.1 Å². The predicted octanol–water partition coefficient (Wildman–Crippen LogP) is 18.4. The van der Waals surface area contributed by atoms with Crippen LogP contribution in [0.5, 0.6) is 0 Å². The van der Waals surface area contributed by atoms with Crippen molar-refractivity contribution in [2.24, 2.45) is 0 Å². The lowest BCUT2D eigenvalue weighted by Gasteiger charge is -2.26. The number of likely N-dealkylation sites (N-methyl/N-ethyl adjacent to an activating group) is 1. The van der Waals surface area contributed by atoms with E-state index in [1.165, 1.54) is 186 Å². The monoisotopic (exact) mass is 1090 g/mol. The number of hydrogen-bond donors (Lipinski definition) is 0. The number of aliphatic carboxylic acids is 1. The first-order valence-corrected chi connectivity index (χ1v) is 32.6. The zero-order valence-electron chi connectivity index (χ0n) is 51.5. The number of hydrogen-bond acceptors (Lipinski definition) is 8. The van der Waals surface area contributed by atoms with Crippen molar-refractivity contribution in [3.05, 3.63) is 72.9 Å². The zero-order chi connectivity index (χ0) is 56.9. The molecule has 0 aliphatic heterocycles. The summed E-state index contributed by atoms with van der Waals surface area (Å²) >= 11 is 0. The maximum absolute atomic E-state index is 12.9. The molecule has 0 amide bonds. The van der Waals surface area contributed by atoms with Crippen LogP contribution in [0.25, 0.3) is 0 Å². The van der Waals surface area contributed by atoms with Gasteiger partial charge in [-0.1, -0.05) is 286 Å². The number of carbonyl (C=O) groups excluding carboxylic acids is 3. The molecule has 0 aromatic rings. The third-order valence-electron chi connectivity index (χ3n) is 14.2. The quantitative estimate of drug-likeness (QED) is 0.0195. The van der Waals surface area contributed by atoms with Gasteiger partial charge in [0.1, 0.15) is 13.2 Å². The minimum absolute atomic E-state index is 0.137. The average Bonchev–Trinajstić information content (AvgIpc) is 3.41. The van der Waals surface area contributed by atoms with Crippen LogP contribution in [0.15, 0.2) is 72.9 Å². The Morgan fingerprint density at radius 1 is 0.397 bits per heavy atom. The molecule has 0 spiro atoms. The van der Waals surface area contributed by atoms with Gasteiger partial charge in [0, 0.05) is 12.8 Å². The van der Waals surface area contributed by atoms with Crippen molar-refractivity contribution in [1.82, 2.24) is 0 Å². The highest BCUT2D eigenvalue weighted by molar-refractivity contribution is 5.70. The zero-order valence-corrected chi connectivity index (χ0v) is 51.5. The van der Waals surface area contributed by atoms with Crippen LogP contribution in [-0.2, 0) is 33.3 Å². The summed E-state index contributed by atoms with van der Waals surface area (Å²) in [6.07, 6.45) is 75.6. The Morgan fingerprint density at radius 2 is 0.731 bits per heavy atom. The maximum atomic E-state index is 12.9. The first-order chi connectivity index (χ1) is 38.1. The number of carboxylic acid groups (broad SMARTS) is 1. The second-order valence-corrected chi connectivity index (χ2v) is 23.0. The number of rotatable bonds is 60. The van der Waals surface area contributed by atoms with E-state index in [0.29, 0.717) is 17.4 Å². The van der Waals surface area contributed by atoms with Gasteiger partial charge in [0.05, 0.1) is 40.3 Å². The van der Waals surface area contributed by atoms with Crippen LogP contribution in [0.4, 0.5) is 0 Å². The van der Waals surface area contributed by atoms with E-state index in [-0.39, 0.29) is 38.6 Å². The van der Waals surface area contributed by atoms with E-state index in [4.69, 9.17) is 18.9 Å². The largest absolute Gasteiger partial charge is 0.545 e. The van der Waals surface area contributed by atoms with Gasteiger partial charge in [0.2, 0.25) is 0 Å². The number of ether oxygens (including phenoxy) is 4. The molecule has 0 heterocycles. The molecular weight excluding hydrogens is 971 g/mol. The molecule has 9 nitrogen and oxygen atoms in total. The topological polar surface area (TPSA) is 111 Å². The van der Waals surface area contributed by atoms with Gasteiger partial charge >= 0.3 is 11.9 Å². The van der Waals surface area contributed by atoms with E-state index < -0.39 is 24.3 Å². The number of carboxylic acids is 1. The van der Waals surface area contributed by atoms with Gasteiger partial charge in [0.25, 0.3) is 0 Å². The Kier molecular flexibility index (Phi) is 57.3. The molecule has 0 aromatic carbocycles. The highest BCUT2D eigenvalue weighted by Crippen LogP contribution is 2.18. The lowest BCUT2D eigenvalue weighted by atomic mass is 10.0. The normalized spacial score (nSPS) is 13.2. The third kappa shape index (κ3) is 60.4. The second kappa shape index (κ2) is 59.8. The van der Waals surface area contributed by atoms with Crippen molar-refractivity contribution in [1.29, 1.82) is 0 Å². The van der Waals surface area contributed by atoms with E-state index in [2.05, 4.69) is 86.8 Å². The summed E-state index contributed by atoms with van der Waals surface area (Å²) in [5.74, 6) is -2.34. The molecule has 0 rings (SSSR count). The molecule has 0 aromatic heterocycles. The fourth-order valence-corrected chi connectivity index (χ4v) is 9.25. The number of nitrogens with zero attached hydrogens (tertiary/aromatic N) is 1. The predicted molar refractivity (Wildman–Crippen MR) is 329 cm³/mol. The Morgan fingerprint density at radius 3 is 1.09 bits per heavy atom. The molecule has 9 heteroatoms. The highest BCUT2D eigenvalue weighted by Gasteiger charge is 2.22. The van der Waals surface area contributed by atoms with Crippen LogP contribution in [0.3, 0.4) is 0 Å². The van der Waals surface area contributed by atoms with Gasteiger partial charge in [-0.05, 0) is 64.2 Å². The lowest BCUT2D eigenvalue weighted by molar-refractivity contribution is -0.870. The average molecular weight is 1090 g/mol. The van der Waals surface area contributed by atoms with E-state index in [1.54, 1.807) is 0 Å². The minimum atomic E-state index is -1.64. The Balaban J connectivity index is 4.14. The Bertz CT molecular complexity index is 1510. The summed E-state index contributed by atoms with van der Waals surface area (Å²) in [7, 11) is 5.91. The standard InChI is InChI=1S/C69H123NO8/c1-6-8-10-12-14-16-18-20-22-24-26-28-29-30-31-32-33-34-35-36-37-38-40-41-43-45-47-49-51-53-55-57-59-66(71)76-63-65(64-77-69(68(73)74)75-62-61-70(3,4)5)78-67(72)60-58-56-54-52-50-48-46-44-42-39-27-25-23-21-19-17-15-13-11-9-7-2/h9,11,15,17,21,23,27,39,44,46,50,52,65,69H,6-8,10,12-14,16,18-20,22,24-26,28-38,40-43,45,47-49,51,53-64H2,1-5H3/b11-9-,17-15-,23-21-,39-27-,46-44-,52-50-. The van der Waals surface area contributed by atoms with Gasteiger partial charge in [-0.25, -0.2) is 0 Å². The summed E-state index contributed by atoms with van der Waals surface area (Å²) in [4.78, 5) is 37.4. The van der Waals surface area contributed by atoms with Crippen molar-refractivity contribution < 1.29 is 42.9 Å². The van der Waals surface area contributed by atoms with Crippen molar-refractivity contribution in [2.45, 2.75) is 302 Å². The minimum Gasteiger partial charge on any atom is -0.545 e. The Labute approximate surface area is 481 Å². The van der Waals surface area contributed by atoms with Gasteiger partial charge in [-0.15, -0.1) is 0 Å². The lowest BCUT2D eigenvalue weighted by Crippen LogP contribution is -2.44. The molecule has 0 aliphatic carbocycles. The maximum Gasteiger partial charge on any atom is 0.306 e. The summed E-state index contributed by atoms with van der Waals surface area (Å²) in [6, 6.07) is 0. The molecule has 0 bridgehead atoms. The second-order valence-electron chi connectivity index (χ2n) is 23.0. The molecule has 0 radical (unpaired) electrons. The van der Waals surface area contributed by atoms with Gasteiger partial charge in [-0.2, -0.15) is 0 Å². The van der Waals surface area contributed by atoms with Crippen molar-refractivity contribution in [2.75, 3.05) is 47.5 Å². The summed E-state index contributed by atoms with van der Waals surface area (Å²) in [6.45, 7) is 4.61. The highest BCUT2D eigenvalue weighted by atomic mass is 16.7. The summed E-state index contributed by atoms with van der Waals surface area (Å²) in [5.41, 5.74) is 0. The molecule has 0 saturated carbocycles.